The third-order valence-corrected chi connectivity index (χ3v) is 6.90. The Morgan fingerprint density at radius 1 is 1.08 bits per heavy atom. The van der Waals surface area contributed by atoms with E-state index in [2.05, 4.69) is 15.6 Å². The van der Waals surface area contributed by atoms with Crippen molar-refractivity contribution < 1.29 is 19.1 Å². The molecule has 0 fully saturated rings. The van der Waals surface area contributed by atoms with Crippen LogP contribution in [0.3, 0.4) is 0 Å². The van der Waals surface area contributed by atoms with Crippen molar-refractivity contribution in [1.29, 1.82) is 0 Å². The molecule has 2 aromatic carbocycles. The van der Waals surface area contributed by atoms with Crippen LogP contribution in [-0.2, 0) is 33.6 Å². The summed E-state index contributed by atoms with van der Waals surface area (Å²) in [6.45, 7) is 3.86. The summed E-state index contributed by atoms with van der Waals surface area (Å²) < 4.78 is 5.47. The van der Waals surface area contributed by atoms with Gasteiger partial charge in [0.2, 0.25) is 11.8 Å². The monoisotopic (exact) mass is 490 g/mol. The number of aromatic nitrogens is 1. The van der Waals surface area contributed by atoms with Crippen LogP contribution in [-0.4, -0.2) is 41.1 Å². The van der Waals surface area contributed by atoms with Crippen molar-refractivity contribution in [1.82, 2.24) is 15.6 Å². The first-order valence-electron chi connectivity index (χ1n) is 12.5. The van der Waals surface area contributed by atoms with Crippen molar-refractivity contribution >= 4 is 28.8 Å². The molecular weight excluding hydrogens is 456 g/mol. The molecular formula is C28H34N4O4. The summed E-state index contributed by atoms with van der Waals surface area (Å²) in [5.41, 5.74) is 8.47. The van der Waals surface area contributed by atoms with E-state index in [9.17, 15) is 14.4 Å². The number of benzene rings is 2. The van der Waals surface area contributed by atoms with E-state index in [1.54, 1.807) is 0 Å². The van der Waals surface area contributed by atoms with E-state index in [0.717, 1.165) is 28.6 Å². The first kappa shape index (κ1) is 25.3. The van der Waals surface area contributed by atoms with Gasteiger partial charge in [-0.3, -0.25) is 9.59 Å². The molecule has 8 nitrogen and oxygen atoms in total. The van der Waals surface area contributed by atoms with Crippen LogP contribution >= 0.6 is 0 Å². The second-order valence-electron chi connectivity index (χ2n) is 9.83. The predicted octanol–water partition coefficient (Wildman–Crippen LogP) is 3.38. The van der Waals surface area contributed by atoms with Gasteiger partial charge < -0.3 is 26.1 Å². The Balaban J connectivity index is 1.51. The van der Waals surface area contributed by atoms with E-state index in [1.807, 2.05) is 68.4 Å². The molecule has 0 bridgehead atoms. The van der Waals surface area contributed by atoms with Crippen molar-refractivity contribution in [3.8, 4) is 0 Å². The Hall–Kier alpha value is -3.81. The van der Waals surface area contributed by atoms with Gasteiger partial charge in [-0.1, -0.05) is 62.4 Å². The number of primary amides is 1. The Labute approximate surface area is 211 Å². The lowest BCUT2D eigenvalue weighted by Gasteiger charge is -2.37. The molecule has 3 amide bonds. The number of aryl methyl sites for hydroxylation is 2. The lowest BCUT2D eigenvalue weighted by atomic mass is 9.78. The molecule has 36 heavy (non-hydrogen) atoms. The summed E-state index contributed by atoms with van der Waals surface area (Å²) in [7, 11) is 0. The highest BCUT2D eigenvalue weighted by atomic mass is 16.5. The SMILES string of the molecule is CC(C)[C@H](NC(=O)[C@@]1(NC(=O)OCCCc2ccccc2)CCc2[nH]c3ccccc3c2C1)C(N)=O. The molecule has 0 saturated heterocycles. The molecule has 1 aliphatic rings. The van der Waals surface area contributed by atoms with Crippen LogP contribution in [0.25, 0.3) is 10.9 Å². The highest BCUT2D eigenvalue weighted by Gasteiger charge is 2.45. The lowest BCUT2D eigenvalue weighted by molar-refractivity contribution is -0.133. The van der Waals surface area contributed by atoms with E-state index in [0.29, 0.717) is 19.3 Å². The van der Waals surface area contributed by atoms with Gasteiger partial charge in [0.05, 0.1) is 6.61 Å². The van der Waals surface area contributed by atoms with Crippen molar-refractivity contribution in [3.05, 3.63) is 71.4 Å². The molecule has 0 saturated carbocycles. The van der Waals surface area contributed by atoms with E-state index in [4.69, 9.17) is 10.5 Å². The summed E-state index contributed by atoms with van der Waals surface area (Å²) >= 11 is 0. The van der Waals surface area contributed by atoms with Crippen molar-refractivity contribution in [2.75, 3.05) is 6.61 Å². The van der Waals surface area contributed by atoms with Crippen LogP contribution in [0.2, 0.25) is 0 Å². The molecule has 1 heterocycles. The Morgan fingerprint density at radius 3 is 2.53 bits per heavy atom. The number of nitrogens with two attached hydrogens (primary N) is 1. The number of amides is 3. The highest BCUT2D eigenvalue weighted by molar-refractivity contribution is 5.95. The number of rotatable bonds is 9. The molecule has 1 aliphatic carbocycles. The molecule has 1 aromatic heterocycles. The molecule has 2 atom stereocenters. The number of ether oxygens (including phenoxy) is 1. The standard InChI is InChI=1S/C28H34N4O4/c1-18(2)24(25(29)33)31-26(34)28(32-27(35)36-16-8-11-19-9-4-3-5-10-19)15-14-23-21(17-28)20-12-6-7-13-22(20)30-23/h3-7,9-10,12-13,18,24,30H,8,11,14-17H2,1-2H3,(H2,29,33)(H,31,34)(H,32,35)/t24-,28+/m0/s1. The fourth-order valence-corrected chi connectivity index (χ4v) is 4.92. The highest BCUT2D eigenvalue weighted by Crippen LogP contribution is 2.34. The van der Waals surface area contributed by atoms with Gasteiger partial charge in [-0.2, -0.15) is 0 Å². The zero-order chi connectivity index (χ0) is 25.7. The molecule has 190 valence electrons. The number of alkyl carbamates (subject to hydrolysis) is 1. The van der Waals surface area contributed by atoms with Crippen molar-refractivity contribution in [2.24, 2.45) is 11.7 Å². The topological polar surface area (TPSA) is 126 Å². The van der Waals surface area contributed by atoms with Gasteiger partial charge in [-0.05, 0) is 48.8 Å². The number of hydrogen-bond donors (Lipinski definition) is 4. The average molecular weight is 491 g/mol. The first-order chi connectivity index (χ1) is 17.3. The Kier molecular flexibility index (Phi) is 7.62. The minimum absolute atomic E-state index is 0.194. The van der Waals surface area contributed by atoms with Gasteiger partial charge in [0, 0.05) is 23.0 Å². The summed E-state index contributed by atoms with van der Waals surface area (Å²) in [4.78, 5) is 42.0. The molecule has 3 aromatic rings. The summed E-state index contributed by atoms with van der Waals surface area (Å²) in [6.07, 6.45) is 2.01. The number of nitrogens with one attached hydrogen (secondary N) is 3. The maximum atomic E-state index is 13.7. The van der Waals surface area contributed by atoms with E-state index in [1.165, 1.54) is 5.56 Å². The van der Waals surface area contributed by atoms with Crippen LogP contribution in [0.4, 0.5) is 4.79 Å². The molecule has 0 aliphatic heterocycles. The van der Waals surface area contributed by atoms with Crippen LogP contribution in [0.5, 0.6) is 0 Å². The minimum atomic E-state index is -1.27. The number of fused-ring (bicyclic) bond motifs is 3. The summed E-state index contributed by atoms with van der Waals surface area (Å²) in [6, 6.07) is 17.0. The lowest BCUT2D eigenvalue weighted by Crippen LogP contribution is -2.64. The largest absolute Gasteiger partial charge is 0.450 e. The van der Waals surface area contributed by atoms with Gasteiger partial charge in [0.1, 0.15) is 11.6 Å². The number of para-hydroxylation sites is 1. The molecule has 4 rings (SSSR count). The van der Waals surface area contributed by atoms with Gasteiger partial charge in [-0.15, -0.1) is 0 Å². The average Bonchev–Trinajstić information content (AvgIpc) is 3.23. The minimum Gasteiger partial charge on any atom is -0.450 e. The van der Waals surface area contributed by atoms with Crippen molar-refractivity contribution in [2.45, 2.75) is 57.5 Å². The molecule has 5 N–H and O–H groups in total. The Morgan fingerprint density at radius 2 is 1.81 bits per heavy atom. The van der Waals surface area contributed by atoms with E-state index >= 15 is 0 Å². The fourth-order valence-electron chi connectivity index (χ4n) is 4.92. The quantitative estimate of drug-likeness (QED) is 0.343. The number of carbonyl (C=O) groups excluding carboxylic acids is 3. The van der Waals surface area contributed by atoms with E-state index in [-0.39, 0.29) is 18.9 Å². The predicted molar refractivity (Wildman–Crippen MR) is 138 cm³/mol. The second kappa shape index (κ2) is 10.8. The van der Waals surface area contributed by atoms with Gasteiger partial charge in [-0.25, -0.2) is 4.79 Å². The van der Waals surface area contributed by atoms with Gasteiger partial charge in [0.25, 0.3) is 0 Å². The van der Waals surface area contributed by atoms with Crippen LogP contribution in [0.1, 0.15) is 43.5 Å². The van der Waals surface area contributed by atoms with Crippen LogP contribution < -0.4 is 16.4 Å². The zero-order valence-electron chi connectivity index (χ0n) is 20.8. The smallest absolute Gasteiger partial charge is 0.408 e. The number of carbonyl (C=O) groups is 3. The third kappa shape index (κ3) is 5.53. The second-order valence-corrected chi connectivity index (χ2v) is 9.83. The zero-order valence-corrected chi connectivity index (χ0v) is 20.8. The maximum absolute atomic E-state index is 13.7. The maximum Gasteiger partial charge on any atom is 0.408 e. The molecule has 0 radical (unpaired) electrons. The fraction of sp³-hybridized carbons (Fsp3) is 0.393. The third-order valence-electron chi connectivity index (χ3n) is 6.90. The van der Waals surface area contributed by atoms with Crippen molar-refractivity contribution in [3.63, 3.8) is 0 Å². The van der Waals surface area contributed by atoms with Gasteiger partial charge >= 0.3 is 6.09 Å². The van der Waals surface area contributed by atoms with E-state index < -0.39 is 29.5 Å². The number of aromatic amines is 1. The Bertz CT molecular complexity index is 1240. The van der Waals surface area contributed by atoms with Crippen LogP contribution in [0, 0.1) is 5.92 Å². The molecule has 0 unspecified atom stereocenters. The molecule has 8 heteroatoms. The van der Waals surface area contributed by atoms with Crippen LogP contribution in [0.15, 0.2) is 54.6 Å². The van der Waals surface area contributed by atoms with Gasteiger partial charge in [0.15, 0.2) is 0 Å². The normalized spacial score (nSPS) is 17.9. The molecule has 0 spiro atoms. The number of hydrogen-bond acceptors (Lipinski definition) is 4. The number of H-pyrrole nitrogens is 1. The first-order valence-corrected chi connectivity index (χ1v) is 12.5. The summed E-state index contributed by atoms with van der Waals surface area (Å²) in [5, 5.41) is 6.68. The summed E-state index contributed by atoms with van der Waals surface area (Å²) in [5.74, 6) is -1.24.